The summed E-state index contributed by atoms with van der Waals surface area (Å²) >= 11 is 1.15. The van der Waals surface area contributed by atoms with Crippen molar-refractivity contribution in [1.82, 2.24) is 14.8 Å². The summed E-state index contributed by atoms with van der Waals surface area (Å²) in [5.74, 6) is -1.45. The quantitative estimate of drug-likeness (QED) is 0.666. The van der Waals surface area contributed by atoms with Crippen LogP contribution in [0.3, 0.4) is 0 Å². The van der Waals surface area contributed by atoms with Gasteiger partial charge >= 0.3 is 0 Å². The van der Waals surface area contributed by atoms with Gasteiger partial charge in [-0.05, 0) is 24.3 Å². The number of aromatic nitrogens is 3. The Kier molecular flexibility index (Phi) is 5.62. The van der Waals surface area contributed by atoms with E-state index in [4.69, 9.17) is 0 Å². The van der Waals surface area contributed by atoms with Crippen molar-refractivity contribution in [3.63, 3.8) is 0 Å². The predicted octanol–water partition coefficient (Wildman–Crippen LogP) is 3.84. The lowest BCUT2D eigenvalue weighted by molar-refractivity contribution is -0.113. The van der Waals surface area contributed by atoms with Crippen LogP contribution in [-0.4, -0.2) is 26.4 Å². The predicted molar refractivity (Wildman–Crippen MR) is 96.4 cm³/mol. The van der Waals surface area contributed by atoms with Crippen LogP contribution in [0.2, 0.25) is 0 Å². The third-order valence-electron chi connectivity index (χ3n) is 3.59. The maximum Gasteiger partial charge on any atom is 0.235 e. The largest absolute Gasteiger partial charge is 0.320 e. The van der Waals surface area contributed by atoms with E-state index in [-0.39, 0.29) is 5.75 Å². The molecule has 0 radical (unpaired) electrons. The third kappa shape index (κ3) is 3.91. The van der Waals surface area contributed by atoms with Crippen LogP contribution in [0.25, 0.3) is 5.69 Å². The Morgan fingerprint density at radius 1 is 1.08 bits per heavy atom. The highest BCUT2D eigenvalue weighted by Crippen LogP contribution is 2.23. The zero-order valence-corrected chi connectivity index (χ0v) is 14.8. The van der Waals surface area contributed by atoms with Crippen LogP contribution >= 0.6 is 11.8 Å². The summed E-state index contributed by atoms with van der Waals surface area (Å²) in [5, 5.41) is 11.1. The van der Waals surface area contributed by atoms with Crippen molar-refractivity contribution in [3.05, 3.63) is 66.0 Å². The minimum absolute atomic E-state index is 0.0531. The van der Waals surface area contributed by atoms with Gasteiger partial charge in [-0.3, -0.25) is 9.36 Å². The summed E-state index contributed by atoms with van der Waals surface area (Å²) in [4.78, 5) is 12.1. The van der Waals surface area contributed by atoms with Crippen LogP contribution in [-0.2, 0) is 11.2 Å². The zero-order chi connectivity index (χ0) is 18.5. The van der Waals surface area contributed by atoms with E-state index in [9.17, 15) is 13.6 Å². The maximum atomic E-state index is 13.6. The van der Waals surface area contributed by atoms with Gasteiger partial charge in [0, 0.05) is 12.1 Å². The fraction of sp³-hybridized carbons (Fsp3) is 0.167. The molecule has 1 aromatic heterocycles. The van der Waals surface area contributed by atoms with Gasteiger partial charge in [0.25, 0.3) is 0 Å². The molecule has 0 unspecified atom stereocenters. The second-order valence-electron chi connectivity index (χ2n) is 5.36. The van der Waals surface area contributed by atoms with Crippen molar-refractivity contribution in [1.29, 1.82) is 0 Å². The molecule has 0 saturated carbocycles. The second kappa shape index (κ2) is 8.09. The Bertz CT molecular complexity index is 895. The van der Waals surface area contributed by atoms with Gasteiger partial charge < -0.3 is 5.32 Å². The lowest BCUT2D eigenvalue weighted by Crippen LogP contribution is -2.16. The molecule has 5 nitrogen and oxygen atoms in total. The Morgan fingerprint density at radius 3 is 2.42 bits per heavy atom. The number of carbonyl (C=O) groups is 1. The van der Waals surface area contributed by atoms with Gasteiger partial charge in [0.05, 0.1) is 5.75 Å². The molecule has 3 rings (SSSR count). The van der Waals surface area contributed by atoms with Crippen LogP contribution in [0.4, 0.5) is 14.5 Å². The average molecular weight is 374 g/mol. The minimum Gasteiger partial charge on any atom is -0.320 e. The number of thioether (sulfide) groups is 1. The summed E-state index contributed by atoms with van der Waals surface area (Å²) in [6.45, 7) is 1.96. The number of hydrogen-bond donors (Lipinski definition) is 1. The molecule has 0 atom stereocenters. The van der Waals surface area contributed by atoms with E-state index in [1.54, 1.807) is 0 Å². The van der Waals surface area contributed by atoms with Crippen LogP contribution < -0.4 is 5.32 Å². The summed E-state index contributed by atoms with van der Waals surface area (Å²) in [5.41, 5.74) is 0.439. The van der Waals surface area contributed by atoms with Crippen molar-refractivity contribution in [2.45, 2.75) is 18.5 Å². The normalized spacial score (nSPS) is 10.7. The Balaban J connectivity index is 1.74. The molecule has 0 aliphatic rings. The summed E-state index contributed by atoms with van der Waals surface area (Å²) in [6, 6.07) is 13.0. The first-order chi connectivity index (χ1) is 12.6. The summed E-state index contributed by atoms with van der Waals surface area (Å²) in [6.07, 6.45) is 0.676. The lowest BCUT2D eigenvalue weighted by Gasteiger charge is -2.10. The van der Waals surface area contributed by atoms with Crippen molar-refractivity contribution >= 4 is 23.4 Å². The molecule has 134 valence electrons. The average Bonchev–Trinajstić information content (AvgIpc) is 3.07. The molecule has 0 spiro atoms. The number of hydrogen-bond acceptors (Lipinski definition) is 4. The molecular formula is C18H16F2N4OS. The van der Waals surface area contributed by atoms with Gasteiger partial charge in [0.15, 0.2) is 5.16 Å². The molecule has 0 saturated heterocycles. The maximum absolute atomic E-state index is 13.6. The minimum atomic E-state index is -0.816. The molecule has 1 amide bonds. The Morgan fingerprint density at radius 2 is 1.77 bits per heavy atom. The molecule has 3 aromatic rings. The fourth-order valence-electron chi connectivity index (χ4n) is 2.38. The van der Waals surface area contributed by atoms with Crippen LogP contribution in [0, 0.1) is 11.6 Å². The third-order valence-corrected chi connectivity index (χ3v) is 4.52. The van der Waals surface area contributed by atoms with E-state index >= 15 is 0 Å². The molecule has 0 bridgehead atoms. The molecule has 1 heterocycles. The highest BCUT2D eigenvalue weighted by atomic mass is 32.2. The van der Waals surface area contributed by atoms with Crippen LogP contribution in [0.1, 0.15) is 12.7 Å². The highest BCUT2D eigenvalue weighted by Gasteiger charge is 2.16. The highest BCUT2D eigenvalue weighted by molar-refractivity contribution is 7.99. The number of benzene rings is 2. The van der Waals surface area contributed by atoms with Gasteiger partial charge in [-0.25, -0.2) is 8.78 Å². The Hall–Kier alpha value is -2.74. The smallest absolute Gasteiger partial charge is 0.235 e. The van der Waals surface area contributed by atoms with E-state index in [0.29, 0.717) is 11.6 Å². The van der Waals surface area contributed by atoms with E-state index < -0.39 is 23.2 Å². The summed E-state index contributed by atoms with van der Waals surface area (Å²) in [7, 11) is 0. The molecule has 0 fully saturated rings. The number of nitrogens with one attached hydrogen (secondary N) is 1. The Labute approximate surface area is 153 Å². The number of nitrogens with zero attached hydrogens (tertiary/aromatic N) is 3. The van der Waals surface area contributed by atoms with E-state index in [2.05, 4.69) is 15.5 Å². The lowest BCUT2D eigenvalue weighted by atomic mass is 10.3. The van der Waals surface area contributed by atoms with Crippen LogP contribution in [0.5, 0.6) is 0 Å². The van der Waals surface area contributed by atoms with E-state index in [0.717, 1.165) is 35.4 Å². The number of carbonyl (C=O) groups excluding carboxylic acids is 1. The van der Waals surface area contributed by atoms with Crippen LogP contribution in [0.15, 0.2) is 53.7 Å². The number of halogens is 2. The second-order valence-corrected chi connectivity index (χ2v) is 6.30. The number of aryl methyl sites for hydroxylation is 1. The number of para-hydroxylation sites is 2. The van der Waals surface area contributed by atoms with Crippen molar-refractivity contribution in [3.8, 4) is 5.69 Å². The summed E-state index contributed by atoms with van der Waals surface area (Å²) < 4.78 is 29.1. The molecular weight excluding hydrogens is 358 g/mol. The number of rotatable bonds is 6. The van der Waals surface area contributed by atoms with E-state index in [1.807, 2.05) is 41.8 Å². The van der Waals surface area contributed by atoms with Gasteiger partial charge in [-0.15, -0.1) is 10.2 Å². The zero-order valence-electron chi connectivity index (χ0n) is 13.9. The molecule has 0 aliphatic carbocycles. The topological polar surface area (TPSA) is 59.8 Å². The molecule has 2 aromatic carbocycles. The van der Waals surface area contributed by atoms with Gasteiger partial charge in [-0.1, -0.05) is 43.0 Å². The molecule has 26 heavy (non-hydrogen) atoms. The molecule has 8 heteroatoms. The van der Waals surface area contributed by atoms with Gasteiger partial charge in [-0.2, -0.15) is 0 Å². The first-order valence-corrected chi connectivity index (χ1v) is 8.95. The molecule has 1 N–H and O–H groups in total. The first-order valence-electron chi connectivity index (χ1n) is 7.96. The molecule has 0 aliphatic heterocycles. The monoisotopic (exact) mass is 374 g/mol. The van der Waals surface area contributed by atoms with Gasteiger partial charge in [0.1, 0.15) is 23.1 Å². The van der Waals surface area contributed by atoms with Crippen molar-refractivity contribution in [2.75, 3.05) is 11.1 Å². The van der Waals surface area contributed by atoms with E-state index in [1.165, 1.54) is 6.07 Å². The number of anilines is 1. The fourth-order valence-corrected chi connectivity index (χ4v) is 3.15. The van der Waals surface area contributed by atoms with Gasteiger partial charge in [0.2, 0.25) is 5.91 Å². The standard InChI is InChI=1S/C18H16F2N4OS/c1-2-15-22-23-18(24(15)12-7-4-3-5-8-12)26-11-16(25)21-17-13(19)9-6-10-14(17)20/h3-10H,2,11H2,1H3,(H,21,25). The van der Waals surface area contributed by atoms with Crippen molar-refractivity contribution < 1.29 is 13.6 Å². The number of amides is 1. The van der Waals surface area contributed by atoms with Crippen molar-refractivity contribution in [2.24, 2.45) is 0 Å². The first kappa shape index (κ1) is 18.1. The SMILES string of the molecule is CCc1nnc(SCC(=O)Nc2c(F)cccc2F)n1-c1ccccc1.